The molecule has 154 valence electrons. The summed E-state index contributed by atoms with van der Waals surface area (Å²) in [4.78, 5) is 9.46. The summed E-state index contributed by atoms with van der Waals surface area (Å²) in [5, 5.41) is 12.7. The van der Waals surface area contributed by atoms with Gasteiger partial charge in [-0.15, -0.1) is 0 Å². The van der Waals surface area contributed by atoms with Gasteiger partial charge in [0.25, 0.3) is 0 Å². The highest BCUT2D eigenvalue weighted by molar-refractivity contribution is 5.74. The van der Waals surface area contributed by atoms with Crippen molar-refractivity contribution in [2.45, 2.75) is 19.6 Å². The van der Waals surface area contributed by atoms with Gasteiger partial charge >= 0.3 is 0 Å². The van der Waals surface area contributed by atoms with Crippen LogP contribution in [-0.4, -0.2) is 25.0 Å². The van der Waals surface area contributed by atoms with Crippen molar-refractivity contribution < 1.29 is 4.39 Å². The van der Waals surface area contributed by atoms with Gasteiger partial charge in [-0.3, -0.25) is 0 Å². The Morgan fingerprint density at radius 2 is 1.61 bits per heavy atom. The van der Waals surface area contributed by atoms with Crippen LogP contribution >= 0.6 is 0 Å². The van der Waals surface area contributed by atoms with Crippen LogP contribution in [0.4, 0.5) is 4.39 Å². The molecule has 0 atom stereocenters. The summed E-state index contributed by atoms with van der Waals surface area (Å²) in [6.45, 7) is 1.36. The molecule has 0 bridgehead atoms. The van der Waals surface area contributed by atoms with Gasteiger partial charge in [0.05, 0.1) is 24.1 Å². The number of fused-ring (bicyclic) bond motifs is 1. The number of rotatable bonds is 7. The molecule has 0 saturated heterocycles. The van der Waals surface area contributed by atoms with Crippen LogP contribution in [0.5, 0.6) is 0 Å². The van der Waals surface area contributed by atoms with E-state index in [1.807, 2.05) is 60.7 Å². The van der Waals surface area contributed by atoms with Crippen LogP contribution in [0.25, 0.3) is 22.3 Å². The molecule has 0 amide bonds. The van der Waals surface area contributed by atoms with E-state index in [4.69, 9.17) is 0 Å². The first-order chi connectivity index (χ1) is 15.3. The van der Waals surface area contributed by atoms with Gasteiger partial charge in [0, 0.05) is 17.7 Å². The standard InChI is InChI=1S/C24H21FN6/c25-19-11-5-4-10-18(19)16-31-29-22(24(30-31)17-8-2-1-3-9-17)14-26-15-23-27-20-12-6-7-13-21(20)28-23/h1-13,26H,14-16H2,(H,27,28). The maximum Gasteiger partial charge on any atom is 0.128 e. The maximum absolute atomic E-state index is 14.1. The van der Waals surface area contributed by atoms with E-state index < -0.39 is 0 Å². The van der Waals surface area contributed by atoms with E-state index in [1.54, 1.807) is 16.9 Å². The molecule has 0 spiro atoms. The number of nitrogens with one attached hydrogen (secondary N) is 2. The molecule has 0 radical (unpaired) electrons. The number of hydrogen-bond acceptors (Lipinski definition) is 4. The predicted molar refractivity (Wildman–Crippen MR) is 118 cm³/mol. The summed E-state index contributed by atoms with van der Waals surface area (Å²) >= 11 is 0. The van der Waals surface area contributed by atoms with Crippen molar-refractivity contribution in [3.8, 4) is 11.3 Å². The van der Waals surface area contributed by atoms with Crippen molar-refractivity contribution >= 4 is 11.0 Å². The minimum atomic E-state index is -0.259. The highest BCUT2D eigenvalue weighted by Crippen LogP contribution is 2.21. The first kappa shape index (κ1) is 19.1. The minimum absolute atomic E-state index is 0.259. The second-order valence-corrected chi connectivity index (χ2v) is 7.29. The summed E-state index contributed by atoms with van der Waals surface area (Å²) in [5.74, 6) is 0.604. The number of imidazole rings is 1. The Hall–Kier alpha value is -3.84. The minimum Gasteiger partial charge on any atom is -0.341 e. The van der Waals surface area contributed by atoms with Crippen molar-refractivity contribution in [3.63, 3.8) is 0 Å². The maximum atomic E-state index is 14.1. The van der Waals surface area contributed by atoms with E-state index in [9.17, 15) is 4.39 Å². The summed E-state index contributed by atoms with van der Waals surface area (Å²) in [6, 6.07) is 24.5. The van der Waals surface area contributed by atoms with Crippen LogP contribution in [0.3, 0.4) is 0 Å². The number of aromatic amines is 1. The van der Waals surface area contributed by atoms with Gasteiger partial charge in [0.15, 0.2) is 0 Å². The number of H-pyrrole nitrogens is 1. The Bertz CT molecular complexity index is 1280. The van der Waals surface area contributed by atoms with E-state index in [-0.39, 0.29) is 12.4 Å². The highest BCUT2D eigenvalue weighted by Gasteiger charge is 2.14. The summed E-state index contributed by atoms with van der Waals surface area (Å²) in [6.07, 6.45) is 0. The molecule has 0 unspecified atom stereocenters. The number of benzene rings is 3. The molecule has 2 N–H and O–H groups in total. The van der Waals surface area contributed by atoms with Crippen molar-refractivity contribution in [2.75, 3.05) is 0 Å². The molecule has 0 aliphatic carbocycles. The topological polar surface area (TPSA) is 71.4 Å². The fraction of sp³-hybridized carbons (Fsp3) is 0.125. The van der Waals surface area contributed by atoms with E-state index in [0.29, 0.717) is 18.7 Å². The average Bonchev–Trinajstić information content (AvgIpc) is 3.39. The lowest BCUT2D eigenvalue weighted by atomic mass is 10.1. The highest BCUT2D eigenvalue weighted by atomic mass is 19.1. The Morgan fingerprint density at radius 1 is 0.839 bits per heavy atom. The largest absolute Gasteiger partial charge is 0.341 e. The molecule has 5 aromatic rings. The van der Waals surface area contributed by atoms with Gasteiger partial charge in [0.1, 0.15) is 23.0 Å². The van der Waals surface area contributed by atoms with E-state index >= 15 is 0 Å². The van der Waals surface area contributed by atoms with Gasteiger partial charge in [-0.25, -0.2) is 9.37 Å². The second kappa shape index (κ2) is 8.49. The summed E-state index contributed by atoms with van der Waals surface area (Å²) in [7, 11) is 0. The van der Waals surface area contributed by atoms with Gasteiger partial charge in [-0.2, -0.15) is 15.0 Å². The van der Waals surface area contributed by atoms with Gasteiger partial charge in [-0.05, 0) is 18.2 Å². The smallest absolute Gasteiger partial charge is 0.128 e. The lowest BCUT2D eigenvalue weighted by Crippen LogP contribution is -2.15. The zero-order valence-corrected chi connectivity index (χ0v) is 16.8. The lowest BCUT2D eigenvalue weighted by molar-refractivity contribution is 0.542. The number of para-hydroxylation sites is 2. The normalized spacial score (nSPS) is 11.3. The zero-order chi connectivity index (χ0) is 21.0. The molecule has 0 fully saturated rings. The SMILES string of the molecule is Fc1ccccc1Cn1nc(CNCc2nc3ccccc3[nH]2)c(-c2ccccc2)n1. The Balaban J connectivity index is 1.37. The molecular weight excluding hydrogens is 391 g/mol. The number of hydrogen-bond donors (Lipinski definition) is 2. The molecule has 5 rings (SSSR count). The molecule has 2 aromatic heterocycles. The number of nitrogens with zero attached hydrogens (tertiary/aromatic N) is 4. The third-order valence-corrected chi connectivity index (χ3v) is 5.07. The van der Waals surface area contributed by atoms with Crippen LogP contribution in [-0.2, 0) is 19.6 Å². The molecule has 3 aromatic carbocycles. The van der Waals surface area contributed by atoms with Gasteiger partial charge in [-0.1, -0.05) is 60.7 Å². The van der Waals surface area contributed by atoms with E-state index in [1.165, 1.54) is 6.07 Å². The number of aromatic nitrogens is 5. The van der Waals surface area contributed by atoms with Crippen molar-refractivity contribution in [1.82, 2.24) is 30.3 Å². The molecule has 2 heterocycles. The fourth-order valence-corrected chi connectivity index (χ4v) is 3.56. The zero-order valence-electron chi connectivity index (χ0n) is 16.8. The van der Waals surface area contributed by atoms with Crippen LogP contribution in [0.1, 0.15) is 17.1 Å². The molecule has 0 aliphatic heterocycles. The molecule has 0 saturated carbocycles. The van der Waals surface area contributed by atoms with Gasteiger partial charge in [0.2, 0.25) is 0 Å². The molecule has 0 aliphatic rings. The Morgan fingerprint density at radius 3 is 2.45 bits per heavy atom. The van der Waals surface area contributed by atoms with Crippen LogP contribution < -0.4 is 5.32 Å². The second-order valence-electron chi connectivity index (χ2n) is 7.29. The molecule has 6 nitrogen and oxygen atoms in total. The molecular formula is C24H21FN6. The first-order valence-corrected chi connectivity index (χ1v) is 10.1. The quantitative estimate of drug-likeness (QED) is 0.418. The summed E-state index contributed by atoms with van der Waals surface area (Å²) in [5.41, 5.74) is 5.08. The third kappa shape index (κ3) is 4.22. The van der Waals surface area contributed by atoms with Crippen LogP contribution in [0.15, 0.2) is 78.9 Å². The van der Waals surface area contributed by atoms with Gasteiger partial charge < -0.3 is 10.3 Å². The van der Waals surface area contributed by atoms with Crippen LogP contribution in [0.2, 0.25) is 0 Å². The Kier molecular flexibility index (Phi) is 5.24. The van der Waals surface area contributed by atoms with E-state index in [2.05, 4.69) is 25.5 Å². The predicted octanol–water partition coefficient (Wildman–Crippen LogP) is 4.30. The summed E-state index contributed by atoms with van der Waals surface area (Å²) < 4.78 is 14.1. The van der Waals surface area contributed by atoms with Crippen molar-refractivity contribution in [2.24, 2.45) is 0 Å². The van der Waals surface area contributed by atoms with Crippen LogP contribution in [0, 0.1) is 5.82 Å². The van der Waals surface area contributed by atoms with Crippen molar-refractivity contribution in [3.05, 3.63) is 102 Å². The van der Waals surface area contributed by atoms with Crippen molar-refractivity contribution in [1.29, 1.82) is 0 Å². The fourth-order valence-electron chi connectivity index (χ4n) is 3.56. The third-order valence-electron chi connectivity index (χ3n) is 5.07. The average molecular weight is 412 g/mol. The molecule has 7 heteroatoms. The first-order valence-electron chi connectivity index (χ1n) is 10.1. The lowest BCUT2D eigenvalue weighted by Gasteiger charge is -2.02. The molecule has 31 heavy (non-hydrogen) atoms. The van der Waals surface area contributed by atoms with E-state index in [0.717, 1.165) is 33.8 Å². The number of halogens is 1. The monoisotopic (exact) mass is 412 g/mol. The Labute approximate surface area is 178 Å².